The van der Waals surface area contributed by atoms with Gasteiger partial charge in [0.2, 0.25) is 5.91 Å². The number of carbonyl (C=O) groups is 2. The van der Waals surface area contributed by atoms with Gasteiger partial charge in [0, 0.05) is 25.7 Å². The molecule has 25 heavy (non-hydrogen) atoms. The highest BCUT2D eigenvalue weighted by molar-refractivity contribution is 5.85. The lowest BCUT2D eigenvalue weighted by molar-refractivity contribution is -0.138. The molecule has 0 saturated carbocycles. The number of carboxylic acids is 1. The van der Waals surface area contributed by atoms with E-state index in [4.69, 9.17) is 5.11 Å². The van der Waals surface area contributed by atoms with E-state index in [1.54, 1.807) is 0 Å². The molecule has 140 valence electrons. The summed E-state index contributed by atoms with van der Waals surface area (Å²) in [6.07, 6.45) is 1.80. The van der Waals surface area contributed by atoms with Crippen molar-refractivity contribution in [3.8, 4) is 0 Å². The Morgan fingerprint density at radius 1 is 1.32 bits per heavy atom. The van der Waals surface area contributed by atoms with Gasteiger partial charge in [-0.25, -0.2) is 0 Å². The molecule has 1 aromatic rings. The van der Waals surface area contributed by atoms with Crippen LogP contribution >= 0.6 is 12.4 Å². The number of likely N-dealkylation sites (N-methyl/N-ethyl adjacent to an activating group) is 1. The van der Waals surface area contributed by atoms with Crippen LogP contribution in [0.25, 0.3) is 0 Å². The van der Waals surface area contributed by atoms with Gasteiger partial charge in [-0.1, -0.05) is 29.8 Å². The number of hydrogen-bond acceptors (Lipinski definition) is 4. The number of hydrogen-bond donors (Lipinski definition) is 2. The van der Waals surface area contributed by atoms with Crippen LogP contribution in [0.5, 0.6) is 0 Å². The Hall–Kier alpha value is -1.63. The Bertz CT molecular complexity index is 574. The summed E-state index contributed by atoms with van der Waals surface area (Å²) in [5, 5.41) is 11.8. The van der Waals surface area contributed by atoms with Crippen molar-refractivity contribution < 1.29 is 14.7 Å². The first kappa shape index (κ1) is 21.4. The number of likely N-dealkylation sites (tertiary alicyclic amines) is 1. The van der Waals surface area contributed by atoms with E-state index in [9.17, 15) is 9.59 Å². The molecule has 0 bridgehead atoms. The van der Waals surface area contributed by atoms with E-state index >= 15 is 0 Å². The molecular weight excluding hydrogens is 342 g/mol. The summed E-state index contributed by atoms with van der Waals surface area (Å²) in [7, 11) is 1.85. The molecule has 6 nitrogen and oxygen atoms in total. The Morgan fingerprint density at radius 3 is 2.60 bits per heavy atom. The van der Waals surface area contributed by atoms with Gasteiger partial charge < -0.3 is 10.4 Å². The monoisotopic (exact) mass is 369 g/mol. The van der Waals surface area contributed by atoms with E-state index in [0.29, 0.717) is 13.1 Å². The molecule has 1 aliphatic rings. The zero-order chi connectivity index (χ0) is 17.5. The second-order valence-corrected chi connectivity index (χ2v) is 6.58. The molecule has 0 unspecified atom stereocenters. The van der Waals surface area contributed by atoms with Crippen molar-refractivity contribution in [2.45, 2.75) is 32.4 Å². The van der Waals surface area contributed by atoms with Crippen molar-refractivity contribution in [1.29, 1.82) is 0 Å². The highest BCUT2D eigenvalue weighted by atomic mass is 35.5. The SMILES string of the molecule is Cc1cccc(CNC(=O)CN2CCC(N(C)CC(=O)O)CC2)c1.Cl. The number of piperidine rings is 1. The third-order valence-corrected chi connectivity index (χ3v) is 4.50. The van der Waals surface area contributed by atoms with Gasteiger partial charge in [0.15, 0.2) is 0 Å². The minimum absolute atomic E-state index is 0. The van der Waals surface area contributed by atoms with Crippen molar-refractivity contribution in [2.75, 3.05) is 33.2 Å². The molecule has 1 fully saturated rings. The van der Waals surface area contributed by atoms with Gasteiger partial charge in [-0.2, -0.15) is 0 Å². The van der Waals surface area contributed by atoms with Crippen molar-refractivity contribution in [2.24, 2.45) is 0 Å². The zero-order valence-electron chi connectivity index (χ0n) is 14.9. The fraction of sp³-hybridized carbons (Fsp3) is 0.556. The van der Waals surface area contributed by atoms with Crippen molar-refractivity contribution in [3.05, 3.63) is 35.4 Å². The normalized spacial score (nSPS) is 15.6. The third kappa shape index (κ3) is 7.42. The first-order valence-corrected chi connectivity index (χ1v) is 8.40. The number of carbonyl (C=O) groups excluding carboxylic acids is 1. The number of benzene rings is 1. The number of nitrogens with zero attached hydrogens (tertiary/aromatic N) is 2. The second kappa shape index (κ2) is 10.4. The zero-order valence-corrected chi connectivity index (χ0v) is 15.7. The Balaban J connectivity index is 0.00000312. The maximum Gasteiger partial charge on any atom is 0.317 e. The molecule has 0 aliphatic carbocycles. The summed E-state index contributed by atoms with van der Waals surface area (Å²) in [5.41, 5.74) is 2.30. The number of rotatable bonds is 7. The number of nitrogens with one attached hydrogen (secondary N) is 1. The first-order valence-electron chi connectivity index (χ1n) is 8.40. The number of carboxylic acid groups (broad SMARTS) is 1. The Morgan fingerprint density at radius 2 is 2.00 bits per heavy atom. The van der Waals surface area contributed by atoms with Gasteiger partial charge in [0.25, 0.3) is 0 Å². The molecule has 1 amide bonds. The minimum atomic E-state index is -0.796. The lowest BCUT2D eigenvalue weighted by Gasteiger charge is -2.35. The maximum absolute atomic E-state index is 12.1. The Kier molecular flexibility index (Phi) is 8.89. The van der Waals surface area contributed by atoms with Crippen LogP contribution in [-0.2, 0) is 16.1 Å². The molecule has 1 saturated heterocycles. The van der Waals surface area contributed by atoms with Crippen LogP contribution < -0.4 is 5.32 Å². The van der Waals surface area contributed by atoms with Crippen molar-refractivity contribution in [3.63, 3.8) is 0 Å². The second-order valence-electron chi connectivity index (χ2n) is 6.58. The molecule has 2 N–H and O–H groups in total. The van der Waals surface area contributed by atoms with Gasteiger partial charge >= 0.3 is 5.97 Å². The van der Waals surface area contributed by atoms with Crippen LogP contribution in [0.15, 0.2) is 24.3 Å². The predicted octanol–water partition coefficient (Wildman–Crippen LogP) is 1.51. The van der Waals surface area contributed by atoms with Gasteiger partial charge in [0.05, 0.1) is 13.1 Å². The largest absolute Gasteiger partial charge is 0.480 e. The number of halogens is 1. The van der Waals surface area contributed by atoms with Gasteiger partial charge in [-0.3, -0.25) is 19.4 Å². The summed E-state index contributed by atoms with van der Waals surface area (Å²) in [5.74, 6) is -0.760. The molecule has 1 aromatic carbocycles. The highest BCUT2D eigenvalue weighted by Gasteiger charge is 2.24. The molecule has 1 aliphatic heterocycles. The van der Waals surface area contributed by atoms with Crippen LogP contribution in [-0.4, -0.2) is 66.1 Å². The van der Waals surface area contributed by atoms with E-state index < -0.39 is 5.97 Å². The minimum Gasteiger partial charge on any atom is -0.480 e. The van der Waals surface area contributed by atoms with Crippen molar-refractivity contribution >= 4 is 24.3 Å². The summed E-state index contributed by atoms with van der Waals surface area (Å²) >= 11 is 0. The van der Waals surface area contributed by atoms with E-state index in [1.807, 2.05) is 37.1 Å². The number of aryl methyl sites for hydroxylation is 1. The van der Waals surface area contributed by atoms with Gasteiger partial charge in [0.1, 0.15) is 0 Å². The van der Waals surface area contributed by atoms with Gasteiger partial charge in [-0.05, 0) is 32.4 Å². The molecule has 2 rings (SSSR count). The highest BCUT2D eigenvalue weighted by Crippen LogP contribution is 2.15. The molecule has 0 aromatic heterocycles. The van der Waals surface area contributed by atoms with E-state index in [-0.39, 0.29) is 30.9 Å². The van der Waals surface area contributed by atoms with Crippen LogP contribution in [0.2, 0.25) is 0 Å². The van der Waals surface area contributed by atoms with Crippen LogP contribution in [0.1, 0.15) is 24.0 Å². The lowest BCUT2D eigenvalue weighted by atomic mass is 10.0. The third-order valence-electron chi connectivity index (χ3n) is 4.50. The average molecular weight is 370 g/mol. The standard InChI is InChI=1S/C18H27N3O3.ClH/c1-14-4-3-5-15(10-14)11-19-17(22)12-21-8-6-16(7-9-21)20(2)13-18(23)24;/h3-5,10,16H,6-9,11-13H2,1-2H3,(H,19,22)(H,23,24);1H. The van der Waals surface area contributed by atoms with E-state index in [0.717, 1.165) is 31.5 Å². The number of amides is 1. The van der Waals surface area contributed by atoms with Gasteiger partial charge in [-0.15, -0.1) is 12.4 Å². The predicted molar refractivity (Wildman–Crippen MR) is 100 cm³/mol. The van der Waals surface area contributed by atoms with Crippen LogP contribution in [0, 0.1) is 6.92 Å². The quantitative estimate of drug-likeness (QED) is 0.762. The summed E-state index contributed by atoms with van der Waals surface area (Å²) in [4.78, 5) is 26.9. The lowest BCUT2D eigenvalue weighted by Crippen LogP contribution is -2.47. The fourth-order valence-corrected chi connectivity index (χ4v) is 3.14. The van der Waals surface area contributed by atoms with Crippen molar-refractivity contribution in [1.82, 2.24) is 15.1 Å². The smallest absolute Gasteiger partial charge is 0.317 e. The summed E-state index contributed by atoms with van der Waals surface area (Å²) in [6, 6.07) is 8.40. The maximum atomic E-state index is 12.1. The first-order chi connectivity index (χ1) is 11.4. The Labute approximate surface area is 155 Å². The molecule has 0 spiro atoms. The summed E-state index contributed by atoms with van der Waals surface area (Å²) in [6.45, 7) is 4.72. The number of aliphatic carboxylic acids is 1. The molecule has 0 radical (unpaired) electrons. The summed E-state index contributed by atoms with van der Waals surface area (Å²) < 4.78 is 0. The average Bonchev–Trinajstić information content (AvgIpc) is 2.53. The van der Waals surface area contributed by atoms with Crippen LogP contribution in [0.4, 0.5) is 0 Å². The molecule has 1 heterocycles. The molecular formula is C18H28ClN3O3. The van der Waals surface area contributed by atoms with E-state index in [2.05, 4.69) is 16.3 Å². The molecule has 7 heteroatoms. The van der Waals surface area contributed by atoms with E-state index in [1.165, 1.54) is 5.56 Å². The van der Waals surface area contributed by atoms with Crippen LogP contribution in [0.3, 0.4) is 0 Å². The molecule has 0 atom stereocenters. The fourth-order valence-electron chi connectivity index (χ4n) is 3.14. The topological polar surface area (TPSA) is 72.9 Å².